The smallest absolute Gasteiger partial charge is 0.336 e. The van der Waals surface area contributed by atoms with Crippen LogP contribution in [-0.4, -0.2) is 39.8 Å². The topological polar surface area (TPSA) is 60.8 Å². The largest absolute Gasteiger partial charge is 0.479 e. The number of hydrogen-bond acceptors (Lipinski definition) is 3. The molecule has 0 amide bonds. The molecule has 0 fully saturated rings. The highest BCUT2D eigenvalue weighted by Crippen LogP contribution is 2.16. The Balaban J connectivity index is 2.86. The average Bonchev–Trinajstić information content (AvgIpc) is 2.32. The van der Waals surface area contributed by atoms with Crippen molar-refractivity contribution in [3.05, 3.63) is 35.4 Å². The minimum absolute atomic E-state index is 0.0988. The lowest BCUT2D eigenvalue weighted by molar-refractivity contribution is -0.158. The zero-order valence-electron chi connectivity index (χ0n) is 10.9. The first-order valence-electron chi connectivity index (χ1n) is 5.89. The molecule has 0 heterocycles. The van der Waals surface area contributed by atoms with E-state index in [9.17, 15) is 18.7 Å². The number of carbonyl (C=O) groups is 1. The number of benzene rings is 1. The summed E-state index contributed by atoms with van der Waals surface area (Å²) < 4.78 is 27.0. The molecule has 0 saturated carbocycles. The minimum atomic E-state index is -1.96. The summed E-state index contributed by atoms with van der Waals surface area (Å²) in [5.74, 6) is -2.75. The van der Waals surface area contributed by atoms with Gasteiger partial charge in [-0.1, -0.05) is 13.0 Å². The van der Waals surface area contributed by atoms with E-state index in [4.69, 9.17) is 5.11 Å². The molecule has 0 aromatic heterocycles. The van der Waals surface area contributed by atoms with Gasteiger partial charge in [0.2, 0.25) is 0 Å². The van der Waals surface area contributed by atoms with E-state index < -0.39 is 23.2 Å². The highest BCUT2D eigenvalue weighted by Gasteiger charge is 2.32. The molecule has 2 N–H and O–H groups in total. The lowest BCUT2D eigenvalue weighted by Crippen LogP contribution is -2.46. The predicted octanol–water partition coefficient (Wildman–Crippen LogP) is 1.62. The maximum absolute atomic E-state index is 13.5. The van der Waals surface area contributed by atoms with Crippen LogP contribution in [0.3, 0.4) is 0 Å². The predicted molar refractivity (Wildman–Crippen MR) is 65.6 cm³/mol. The van der Waals surface area contributed by atoms with E-state index >= 15 is 0 Å². The molecular weight excluding hydrogens is 256 g/mol. The van der Waals surface area contributed by atoms with Gasteiger partial charge < -0.3 is 10.2 Å². The van der Waals surface area contributed by atoms with Crippen molar-refractivity contribution >= 4 is 5.97 Å². The number of aliphatic carboxylic acids is 1. The molecule has 4 nitrogen and oxygen atoms in total. The highest BCUT2D eigenvalue weighted by atomic mass is 19.1. The molecule has 1 aromatic carbocycles. The summed E-state index contributed by atoms with van der Waals surface area (Å²) in [6.45, 7) is 2.91. The van der Waals surface area contributed by atoms with Gasteiger partial charge in [0.25, 0.3) is 0 Å². The standard InChI is InChI=1S/C13H17F2NO3/c1-3-16(8-13(2,19)12(17)18)7-9-10(14)5-4-6-11(9)15/h4-6,19H,3,7-8H2,1-2H3,(H,17,18). The molecule has 0 spiro atoms. The summed E-state index contributed by atoms with van der Waals surface area (Å²) in [4.78, 5) is 12.3. The molecule has 0 aliphatic rings. The lowest BCUT2D eigenvalue weighted by atomic mass is 10.1. The minimum Gasteiger partial charge on any atom is -0.479 e. The molecule has 0 bridgehead atoms. The fourth-order valence-electron chi connectivity index (χ4n) is 1.69. The Hall–Kier alpha value is -1.53. The second-order valence-electron chi connectivity index (χ2n) is 4.58. The first-order chi connectivity index (χ1) is 8.77. The van der Waals surface area contributed by atoms with Crippen molar-refractivity contribution in [1.29, 1.82) is 0 Å². The SMILES string of the molecule is CCN(Cc1c(F)cccc1F)CC(C)(O)C(=O)O. The second-order valence-corrected chi connectivity index (χ2v) is 4.58. The lowest BCUT2D eigenvalue weighted by Gasteiger charge is -2.28. The van der Waals surface area contributed by atoms with Gasteiger partial charge in [0.1, 0.15) is 11.6 Å². The molecule has 1 rings (SSSR count). The number of halogens is 2. The van der Waals surface area contributed by atoms with E-state index in [1.54, 1.807) is 6.92 Å². The van der Waals surface area contributed by atoms with Gasteiger partial charge in [-0.15, -0.1) is 0 Å². The van der Waals surface area contributed by atoms with Crippen LogP contribution in [0.2, 0.25) is 0 Å². The van der Waals surface area contributed by atoms with E-state index in [1.807, 2.05) is 0 Å². The van der Waals surface area contributed by atoms with Crippen LogP contribution in [0, 0.1) is 11.6 Å². The Labute approximate surface area is 110 Å². The summed E-state index contributed by atoms with van der Waals surface area (Å²) in [6.07, 6.45) is 0. The van der Waals surface area contributed by atoms with Crippen LogP contribution in [-0.2, 0) is 11.3 Å². The van der Waals surface area contributed by atoms with Crippen molar-refractivity contribution in [3.8, 4) is 0 Å². The first-order valence-corrected chi connectivity index (χ1v) is 5.89. The second kappa shape index (κ2) is 6.08. The van der Waals surface area contributed by atoms with E-state index in [2.05, 4.69) is 0 Å². The molecule has 0 saturated heterocycles. The summed E-state index contributed by atoms with van der Waals surface area (Å²) in [5, 5.41) is 18.5. The van der Waals surface area contributed by atoms with Crippen LogP contribution in [0.15, 0.2) is 18.2 Å². The van der Waals surface area contributed by atoms with Gasteiger partial charge in [-0.25, -0.2) is 13.6 Å². The Morgan fingerprint density at radius 1 is 1.37 bits per heavy atom. The van der Waals surface area contributed by atoms with Crippen molar-refractivity contribution in [1.82, 2.24) is 4.90 Å². The van der Waals surface area contributed by atoms with Crippen LogP contribution in [0.25, 0.3) is 0 Å². The fourth-order valence-corrected chi connectivity index (χ4v) is 1.69. The molecular formula is C13H17F2NO3. The van der Waals surface area contributed by atoms with E-state index in [1.165, 1.54) is 11.0 Å². The Morgan fingerprint density at radius 2 is 1.89 bits per heavy atom. The zero-order valence-corrected chi connectivity index (χ0v) is 10.9. The normalized spacial score (nSPS) is 14.4. The van der Waals surface area contributed by atoms with E-state index in [-0.39, 0.29) is 18.7 Å². The van der Waals surface area contributed by atoms with Gasteiger partial charge in [0, 0.05) is 18.7 Å². The van der Waals surface area contributed by atoms with Crippen LogP contribution < -0.4 is 0 Å². The van der Waals surface area contributed by atoms with Crippen LogP contribution in [0.4, 0.5) is 8.78 Å². The third-order valence-corrected chi connectivity index (χ3v) is 2.88. The molecule has 0 aliphatic heterocycles. The summed E-state index contributed by atoms with van der Waals surface area (Å²) in [5.41, 5.74) is -2.09. The number of carboxylic acids is 1. The monoisotopic (exact) mass is 273 g/mol. The number of likely N-dealkylation sites (N-methyl/N-ethyl adjacent to an activating group) is 1. The molecule has 0 aliphatic carbocycles. The zero-order chi connectivity index (χ0) is 14.6. The van der Waals surface area contributed by atoms with Crippen molar-refractivity contribution in [2.45, 2.75) is 26.0 Å². The Morgan fingerprint density at radius 3 is 2.32 bits per heavy atom. The van der Waals surface area contributed by atoms with Crippen LogP contribution in [0.1, 0.15) is 19.4 Å². The van der Waals surface area contributed by atoms with Crippen LogP contribution >= 0.6 is 0 Å². The van der Waals surface area contributed by atoms with E-state index in [0.29, 0.717) is 6.54 Å². The van der Waals surface area contributed by atoms with Gasteiger partial charge in [0.15, 0.2) is 5.60 Å². The maximum atomic E-state index is 13.5. The van der Waals surface area contributed by atoms with Crippen molar-refractivity contribution < 1.29 is 23.8 Å². The number of carboxylic acid groups (broad SMARTS) is 1. The third-order valence-electron chi connectivity index (χ3n) is 2.88. The summed E-state index contributed by atoms with van der Waals surface area (Å²) in [6, 6.07) is 3.54. The maximum Gasteiger partial charge on any atom is 0.336 e. The van der Waals surface area contributed by atoms with E-state index in [0.717, 1.165) is 19.1 Å². The molecule has 1 atom stereocenters. The van der Waals surface area contributed by atoms with Crippen molar-refractivity contribution in [2.24, 2.45) is 0 Å². The number of nitrogens with zero attached hydrogens (tertiary/aromatic N) is 1. The summed E-state index contributed by atoms with van der Waals surface area (Å²) >= 11 is 0. The first kappa shape index (κ1) is 15.5. The van der Waals surface area contributed by atoms with Gasteiger partial charge in [0.05, 0.1) is 0 Å². The van der Waals surface area contributed by atoms with Gasteiger partial charge >= 0.3 is 5.97 Å². The number of aliphatic hydroxyl groups is 1. The van der Waals surface area contributed by atoms with Crippen molar-refractivity contribution in [3.63, 3.8) is 0 Å². The quantitative estimate of drug-likeness (QED) is 0.827. The van der Waals surface area contributed by atoms with Gasteiger partial charge in [-0.3, -0.25) is 4.90 Å². The Kier molecular flexibility index (Phi) is 4.97. The number of hydrogen-bond donors (Lipinski definition) is 2. The molecule has 0 radical (unpaired) electrons. The van der Waals surface area contributed by atoms with Crippen molar-refractivity contribution in [2.75, 3.05) is 13.1 Å². The highest BCUT2D eigenvalue weighted by molar-refractivity contribution is 5.76. The molecule has 1 unspecified atom stereocenters. The van der Waals surface area contributed by atoms with Crippen LogP contribution in [0.5, 0.6) is 0 Å². The summed E-state index contributed by atoms with van der Waals surface area (Å²) in [7, 11) is 0. The molecule has 106 valence electrons. The fraction of sp³-hybridized carbons (Fsp3) is 0.462. The van der Waals surface area contributed by atoms with Gasteiger partial charge in [-0.05, 0) is 25.6 Å². The molecule has 1 aromatic rings. The number of rotatable bonds is 6. The Bertz CT molecular complexity index is 443. The van der Waals surface area contributed by atoms with Gasteiger partial charge in [-0.2, -0.15) is 0 Å². The average molecular weight is 273 g/mol. The third kappa shape index (κ3) is 3.97. The molecule has 19 heavy (non-hydrogen) atoms. The molecule has 6 heteroatoms.